The van der Waals surface area contributed by atoms with Gasteiger partial charge < -0.3 is 23.7 Å². The lowest BCUT2D eigenvalue weighted by molar-refractivity contribution is -0.143. The summed E-state index contributed by atoms with van der Waals surface area (Å²) in [5.41, 5.74) is 2.07. The van der Waals surface area contributed by atoms with Gasteiger partial charge in [0.25, 0.3) is 0 Å². The molecule has 0 bridgehead atoms. The fourth-order valence-corrected chi connectivity index (χ4v) is 2.94. The largest absolute Gasteiger partial charge is 0.493 e. The monoisotopic (exact) mass is 431 g/mol. The zero-order valence-electron chi connectivity index (χ0n) is 18.4. The first-order chi connectivity index (χ1) is 15.0. The van der Waals surface area contributed by atoms with Crippen LogP contribution in [0, 0.1) is 0 Å². The Morgan fingerprint density at radius 3 is 2.06 bits per heavy atom. The summed E-state index contributed by atoms with van der Waals surface area (Å²) in [5.74, 6) is 1.15. The second kappa shape index (κ2) is 12.4. The Kier molecular flexibility index (Phi) is 9.64. The molecule has 168 valence electrons. The van der Waals surface area contributed by atoms with Gasteiger partial charge in [0.15, 0.2) is 18.1 Å². The number of hydrogen-bond donors (Lipinski definition) is 0. The van der Waals surface area contributed by atoms with Gasteiger partial charge in [-0.15, -0.1) is 0 Å². The molecule has 8 nitrogen and oxygen atoms in total. The number of hydrogen-bond acceptors (Lipinski definition) is 8. The van der Waals surface area contributed by atoms with E-state index in [0.717, 1.165) is 17.5 Å². The van der Waals surface area contributed by atoms with Crippen LogP contribution in [0.15, 0.2) is 42.5 Å². The number of methoxy groups -OCH3 is 4. The van der Waals surface area contributed by atoms with Crippen molar-refractivity contribution < 1.29 is 33.3 Å². The molecule has 0 aliphatic heterocycles. The molecule has 31 heavy (non-hydrogen) atoms. The molecule has 2 aromatic carbocycles. The fourth-order valence-electron chi connectivity index (χ4n) is 2.94. The van der Waals surface area contributed by atoms with E-state index >= 15 is 0 Å². The van der Waals surface area contributed by atoms with E-state index in [2.05, 4.69) is 4.74 Å². The topological polar surface area (TPSA) is 83.5 Å². The molecule has 0 aliphatic rings. The Morgan fingerprint density at radius 2 is 1.45 bits per heavy atom. The normalized spacial score (nSPS) is 10.5. The Hall–Kier alpha value is -3.26. The summed E-state index contributed by atoms with van der Waals surface area (Å²) in [4.78, 5) is 25.1. The number of nitrogens with zero attached hydrogens (tertiary/aromatic N) is 1. The van der Waals surface area contributed by atoms with Crippen molar-refractivity contribution in [1.82, 2.24) is 4.90 Å². The first kappa shape index (κ1) is 24.0. The maximum Gasteiger partial charge on any atom is 0.343 e. The average molecular weight is 431 g/mol. The van der Waals surface area contributed by atoms with E-state index in [9.17, 15) is 9.59 Å². The average Bonchev–Trinajstić information content (AvgIpc) is 2.81. The lowest BCUT2D eigenvalue weighted by Gasteiger charge is -2.22. The van der Waals surface area contributed by atoms with Gasteiger partial charge in [-0.3, -0.25) is 9.69 Å². The fraction of sp³-hybridized carbons (Fsp3) is 0.391. The van der Waals surface area contributed by atoms with Gasteiger partial charge in [-0.2, -0.15) is 0 Å². The molecular formula is C23H29NO7. The highest BCUT2D eigenvalue weighted by molar-refractivity contribution is 5.71. The van der Waals surface area contributed by atoms with Gasteiger partial charge in [0.2, 0.25) is 0 Å². The molecule has 0 spiro atoms. The predicted molar refractivity (Wildman–Crippen MR) is 114 cm³/mol. The van der Waals surface area contributed by atoms with Crippen molar-refractivity contribution in [3.8, 4) is 17.2 Å². The van der Waals surface area contributed by atoms with E-state index in [1.165, 1.54) is 14.2 Å². The third-order valence-corrected chi connectivity index (χ3v) is 4.66. The zero-order valence-corrected chi connectivity index (χ0v) is 18.4. The number of ether oxygens (including phenoxy) is 5. The van der Waals surface area contributed by atoms with Crippen LogP contribution in [0.1, 0.15) is 11.1 Å². The Bertz CT molecular complexity index is 852. The molecule has 0 amide bonds. The van der Waals surface area contributed by atoms with Crippen LogP contribution in [0.5, 0.6) is 17.2 Å². The van der Waals surface area contributed by atoms with Crippen molar-refractivity contribution >= 4 is 11.9 Å². The summed E-state index contributed by atoms with van der Waals surface area (Å²) in [6.45, 7) is 1.24. The summed E-state index contributed by atoms with van der Waals surface area (Å²) >= 11 is 0. The molecule has 8 heteroatoms. The molecule has 0 heterocycles. The molecule has 2 aromatic rings. The molecule has 0 aromatic heterocycles. The smallest absolute Gasteiger partial charge is 0.343 e. The Labute approximate surface area is 182 Å². The van der Waals surface area contributed by atoms with Gasteiger partial charge in [0.05, 0.1) is 35.0 Å². The molecular weight excluding hydrogens is 402 g/mol. The molecule has 0 N–H and O–H groups in total. The van der Waals surface area contributed by atoms with E-state index in [4.69, 9.17) is 18.9 Å². The van der Waals surface area contributed by atoms with Crippen LogP contribution in [0.3, 0.4) is 0 Å². The molecule has 0 saturated carbocycles. The maximum atomic E-state index is 11.9. The highest BCUT2D eigenvalue weighted by atomic mass is 16.6. The molecule has 0 unspecified atom stereocenters. The molecule has 2 rings (SSSR count). The molecule has 0 radical (unpaired) electrons. The quantitative estimate of drug-likeness (QED) is 0.474. The first-order valence-corrected chi connectivity index (χ1v) is 9.77. The van der Waals surface area contributed by atoms with Crippen LogP contribution in [0.25, 0.3) is 0 Å². The second-order valence-corrected chi connectivity index (χ2v) is 6.73. The van der Waals surface area contributed by atoms with Crippen LogP contribution in [-0.2, 0) is 32.0 Å². The van der Waals surface area contributed by atoms with Gasteiger partial charge in [0, 0.05) is 13.1 Å². The van der Waals surface area contributed by atoms with Crippen LogP contribution in [0.4, 0.5) is 0 Å². The Balaban J connectivity index is 2.01. The third-order valence-electron chi connectivity index (χ3n) is 4.66. The van der Waals surface area contributed by atoms with Crippen LogP contribution >= 0.6 is 0 Å². The van der Waals surface area contributed by atoms with E-state index in [1.807, 2.05) is 35.2 Å². The minimum atomic E-state index is -0.433. The SMILES string of the molecule is COC(=O)COc1ccc(CCN(CC(=O)OC)Cc2ccc(OC)c(OC)c2)cc1. The lowest BCUT2D eigenvalue weighted by atomic mass is 10.1. The summed E-state index contributed by atoms with van der Waals surface area (Å²) < 4.78 is 25.4. The molecule has 0 aliphatic carbocycles. The third kappa shape index (κ3) is 7.82. The summed E-state index contributed by atoms with van der Waals surface area (Å²) in [6.07, 6.45) is 0.724. The van der Waals surface area contributed by atoms with Gasteiger partial charge in [-0.1, -0.05) is 18.2 Å². The summed E-state index contributed by atoms with van der Waals surface area (Å²) in [5, 5.41) is 0. The lowest BCUT2D eigenvalue weighted by Crippen LogP contribution is -2.32. The van der Waals surface area contributed by atoms with Crippen molar-refractivity contribution in [1.29, 1.82) is 0 Å². The highest BCUT2D eigenvalue weighted by Gasteiger charge is 2.14. The second-order valence-electron chi connectivity index (χ2n) is 6.73. The molecule has 0 atom stereocenters. The standard InChI is InChI=1S/C23H29NO7/c1-27-20-10-7-18(13-21(20)28-2)14-24(15-22(25)29-3)12-11-17-5-8-19(9-6-17)31-16-23(26)30-4/h5-10,13H,11-12,14-16H2,1-4H3. The number of carbonyl (C=O) groups is 2. The summed E-state index contributed by atoms with van der Waals surface area (Å²) in [7, 11) is 5.88. The van der Waals surface area contributed by atoms with Crippen molar-refractivity contribution in [2.45, 2.75) is 13.0 Å². The van der Waals surface area contributed by atoms with Gasteiger partial charge >= 0.3 is 11.9 Å². The van der Waals surface area contributed by atoms with E-state index < -0.39 is 5.97 Å². The maximum absolute atomic E-state index is 11.9. The minimum Gasteiger partial charge on any atom is -0.493 e. The van der Waals surface area contributed by atoms with Crippen molar-refractivity contribution in [2.75, 3.05) is 48.1 Å². The van der Waals surface area contributed by atoms with Gasteiger partial charge in [0.1, 0.15) is 5.75 Å². The van der Waals surface area contributed by atoms with Gasteiger partial charge in [-0.05, 0) is 41.8 Å². The van der Waals surface area contributed by atoms with Crippen LogP contribution in [-0.4, -0.2) is 65.0 Å². The number of esters is 2. The number of rotatable bonds is 12. The van der Waals surface area contributed by atoms with E-state index in [1.54, 1.807) is 26.4 Å². The predicted octanol–water partition coefficient (Wildman–Crippen LogP) is 2.47. The van der Waals surface area contributed by atoms with Crippen LogP contribution < -0.4 is 14.2 Å². The van der Waals surface area contributed by atoms with E-state index in [-0.39, 0.29) is 19.1 Å². The first-order valence-electron chi connectivity index (χ1n) is 9.77. The van der Waals surface area contributed by atoms with Crippen LogP contribution in [0.2, 0.25) is 0 Å². The minimum absolute atomic E-state index is 0.131. The Morgan fingerprint density at radius 1 is 0.806 bits per heavy atom. The van der Waals surface area contributed by atoms with Crippen molar-refractivity contribution in [2.24, 2.45) is 0 Å². The zero-order chi connectivity index (χ0) is 22.6. The van der Waals surface area contributed by atoms with E-state index in [0.29, 0.717) is 30.3 Å². The summed E-state index contributed by atoms with van der Waals surface area (Å²) in [6, 6.07) is 13.2. The number of carbonyl (C=O) groups excluding carboxylic acids is 2. The molecule has 0 fully saturated rings. The highest BCUT2D eigenvalue weighted by Crippen LogP contribution is 2.28. The van der Waals surface area contributed by atoms with Gasteiger partial charge in [-0.25, -0.2) is 4.79 Å². The molecule has 0 saturated heterocycles. The van der Waals surface area contributed by atoms with Crippen molar-refractivity contribution in [3.05, 3.63) is 53.6 Å². The number of benzene rings is 2. The van der Waals surface area contributed by atoms with Crippen molar-refractivity contribution in [3.63, 3.8) is 0 Å².